The quantitative estimate of drug-likeness (QED) is 0.704. The molecule has 2 aromatic carbocycles. The summed E-state index contributed by atoms with van der Waals surface area (Å²) in [5.74, 6) is -0.157. The number of ether oxygens (including phenoxy) is 1. The number of aryl methyl sites for hydroxylation is 1. The minimum absolute atomic E-state index is 0. The fourth-order valence-electron chi connectivity index (χ4n) is 2.40. The van der Waals surface area contributed by atoms with Crippen molar-refractivity contribution in [2.45, 2.75) is 32.4 Å². The second-order valence-corrected chi connectivity index (χ2v) is 5.96. The molecule has 0 aliphatic carbocycles. The van der Waals surface area contributed by atoms with Crippen LogP contribution in [0.15, 0.2) is 54.6 Å². The number of carbonyl (C=O) groups is 1. The topological polar surface area (TPSA) is 64.4 Å². The number of amides is 1. The molecule has 0 saturated heterocycles. The van der Waals surface area contributed by atoms with Gasteiger partial charge in [0.05, 0.1) is 6.10 Å². The van der Waals surface area contributed by atoms with E-state index in [1.54, 1.807) is 0 Å². The van der Waals surface area contributed by atoms with Gasteiger partial charge in [-0.15, -0.1) is 12.4 Å². The van der Waals surface area contributed by atoms with E-state index < -0.39 is 6.04 Å². The molecule has 0 fully saturated rings. The van der Waals surface area contributed by atoms with E-state index in [0.29, 0.717) is 13.2 Å². The summed E-state index contributed by atoms with van der Waals surface area (Å²) in [6.07, 6.45) is 0.806. The maximum atomic E-state index is 12.1. The highest BCUT2D eigenvalue weighted by Gasteiger charge is 2.14. The average molecular weight is 363 g/mol. The molecule has 0 saturated carbocycles. The molecule has 0 heterocycles. The highest BCUT2D eigenvalue weighted by atomic mass is 35.5. The Bertz CT molecular complexity index is 632. The molecule has 0 bridgehead atoms. The van der Waals surface area contributed by atoms with Gasteiger partial charge in [0.2, 0.25) is 5.91 Å². The zero-order valence-electron chi connectivity index (χ0n) is 14.8. The molecule has 0 aliphatic rings. The number of benzene rings is 2. The van der Waals surface area contributed by atoms with Crippen LogP contribution in [-0.2, 0) is 9.53 Å². The summed E-state index contributed by atoms with van der Waals surface area (Å²) in [4.78, 5) is 12.1. The van der Waals surface area contributed by atoms with E-state index in [0.717, 1.165) is 23.1 Å². The lowest BCUT2D eigenvalue weighted by atomic mass is 10.1. The second kappa shape index (κ2) is 10.9. The van der Waals surface area contributed by atoms with Gasteiger partial charge in [-0.05, 0) is 31.4 Å². The van der Waals surface area contributed by atoms with Crippen LogP contribution in [0.25, 0.3) is 0 Å². The number of nitrogens with one attached hydrogen (secondary N) is 1. The predicted octanol–water partition coefficient (Wildman–Crippen LogP) is 3.70. The summed E-state index contributed by atoms with van der Waals surface area (Å²) in [6, 6.07) is 17.2. The zero-order chi connectivity index (χ0) is 17.4. The van der Waals surface area contributed by atoms with Gasteiger partial charge in [-0.1, -0.05) is 60.2 Å². The molecule has 136 valence electrons. The van der Waals surface area contributed by atoms with Gasteiger partial charge in [-0.25, -0.2) is 0 Å². The first-order valence-corrected chi connectivity index (χ1v) is 8.34. The van der Waals surface area contributed by atoms with Crippen LogP contribution in [-0.4, -0.2) is 19.1 Å². The van der Waals surface area contributed by atoms with Crippen molar-refractivity contribution in [2.75, 3.05) is 13.2 Å². The molecule has 5 heteroatoms. The van der Waals surface area contributed by atoms with Crippen LogP contribution < -0.4 is 11.1 Å². The van der Waals surface area contributed by atoms with Crippen LogP contribution in [0.3, 0.4) is 0 Å². The molecule has 2 aromatic rings. The summed E-state index contributed by atoms with van der Waals surface area (Å²) in [6.45, 7) is 5.18. The number of hydrogen-bond acceptors (Lipinski definition) is 3. The number of hydrogen-bond donors (Lipinski definition) is 2. The Hall–Kier alpha value is -1.88. The first-order chi connectivity index (χ1) is 11.6. The highest BCUT2D eigenvalue weighted by molar-refractivity contribution is 5.85. The van der Waals surface area contributed by atoms with Crippen molar-refractivity contribution in [2.24, 2.45) is 5.73 Å². The summed E-state index contributed by atoms with van der Waals surface area (Å²) < 4.78 is 5.79. The minimum atomic E-state index is -0.630. The van der Waals surface area contributed by atoms with Crippen molar-refractivity contribution in [3.05, 3.63) is 71.3 Å². The largest absolute Gasteiger partial charge is 0.374 e. The Morgan fingerprint density at radius 1 is 1.08 bits per heavy atom. The average Bonchev–Trinajstić information content (AvgIpc) is 2.62. The normalized spacial score (nSPS) is 12.8. The van der Waals surface area contributed by atoms with Gasteiger partial charge < -0.3 is 15.8 Å². The third-order valence-corrected chi connectivity index (χ3v) is 3.98. The van der Waals surface area contributed by atoms with Crippen molar-refractivity contribution < 1.29 is 9.53 Å². The van der Waals surface area contributed by atoms with Crippen LogP contribution in [0.2, 0.25) is 0 Å². The van der Waals surface area contributed by atoms with Crippen molar-refractivity contribution in [3.8, 4) is 0 Å². The molecular weight excluding hydrogens is 336 g/mol. The van der Waals surface area contributed by atoms with E-state index in [1.165, 1.54) is 0 Å². The minimum Gasteiger partial charge on any atom is -0.374 e. The SMILES string of the molecule is Cc1ccc(C(N)C(=O)NCCCOC(C)c2ccccc2)cc1.Cl. The molecule has 2 atom stereocenters. The van der Waals surface area contributed by atoms with Crippen molar-refractivity contribution in [1.82, 2.24) is 5.32 Å². The Kier molecular flexibility index (Phi) is 9.21. The first-order valence-electron chi connectivity index (χ1n) is 8.34. The molecular formula is C20H27ClN2O2. The van der Waals surface area contributed by atoms with Crippen molar-refractivity contribution in [3.63, 3.8) is 0 Å². The molecule has 3 N–H and O–H groups in total. The van der Waals surface area contributed by atoms with Crippen LogP contribution >= 0.6 is 12.4 Å². The first kappa shape index (κ1) is 21.2. The fraction of sp³-hybridized carbons (Fsp3) is 0.350. The number of carbonyl (C=O) groups excluding carboxylic acids is 1. The van der Waals surface area contributed by atoms with Gasteiger partial charge in [0.1, 0.15) is 6.04 Å². The summed E-state index contributed by atoms with van der Waals surface area (Å²) >= 11 is 0. The van der Waals surface area contributed by atoms with Gasteiger partial charge >= 0.3 is 0 Å². The number of rotatable bonds is 8. The van der Waals surface area contributed by atoms with Crippen LogP contribution in [0, 0.1) is 6.92 Å². The standard InChI is InChI=1S/C20H26N2O2.ClH/c1-15-9-11-18(12-10-15)19(21)20(23)22-13-6-14-24-16(2)17-7-4-3-5-8-17;/h3-5,7-12,16,19H,6,13-14,21H2,1-2H3,(H,22,23);1H. The van der Waals surface area contributed by atoms with E-state index >= 15 is 0 Å². The van der Waals surface area contributed by atoms with E-state index in [4.69, 9.17) is 10.5 Å². The van der Waals surface area contributed by atoms with E-state index in [1.807, 2.05) is 68.4 Å². The maximum Gasteiger partial charge on any atom is 0.241 e. The zero-order valence-corrected chi connectivity index (χ0v) is 15.6. The van der Waals surface area contributed by atoms with Gasteiger partial charge in [-0.3, -0.25) is 4.79 Å². The van der Waals surface area contributed by atoms with Gasteiger partial charge in [0.25, 0.3) is 0 Å². The van der Waals surface area contributed by atoms with E-state index in [2.05, 4.69) is 5.32 Å². The van der Waals surface area contributed by atoms with Crippen LogP contribution in [0.1, 0.15) is 42.2 Å². The molecule has 4 nitrogen and oxygen atoms in total. The Morgan fingerprint density at radius 2 is 1.72 bits per heavy atom. The Morgan fingerprint density at radius 3 is 2.36 bits per heavy atom. The van der Waals surface area contributed by atoms with Crippen LogP contribution in [0.4, 0.5) is 0 Å². The summed E-state index contributed by atoms with van der Waals surface area (Å²) in [7, 11) is 0. The van der Waals surface area contributed by atoms with Crippen molar-refractivity contribution >= 4 is 18.3 Å². The molecule has 0 aromatic heterocycles. The lowest BCUT2D eigenvalue weighted by Crippen LogP contribution is -2.35. The lowest BCUT2D eigenvalue weighted by molar-refractivity contribution is -0.122. The third-order valence-electron chi connectivity index (χ3n) is 3.98. The monoisotopic (exact) mass is 362 g/mol. The van der Waals surface area contributed by atoms with Gasteiger partial charge in [0.15, 0.2) is 0 Å². The van der Waals surface area contributed by atoms with Crippen LogP contribution in [0.5, 0.6) is 0 Å². The molecule has 2 rings (SSSR count). The van der Waals surface area contributed by atoms with Gasteiger partial charge in [-0.2, -0.15) is 0 Å². The second-order valence-electron chi connectivity index (χ2n) is 5.96. The molecule has 0 aliphatic heterocycles. The van der Waals surface area contributed by atoms with Crippen molar-refractivity contribution in [1.29, 1.82) is 0 Å². The molecule has 1 amide bonds. The Balaban J connectivity index is 0.00000312. The summed E-state index contributed by atoms with van der Waals surface area (Å²) in [5, 5.41) is 2.87. The molecule has 25 heavy (non-hydrogen) atoms. The maximum absolute atomic E-state index is 12.1. The lowest BCUT2D eigenvalue weighted by Gasteiger charge is -2.15. The molecule has 2 unspecified atom stereocenters. The Labute approximate surface area is 156 Å². The van der Waals surface area contributed by atoms with E-state index in [-0.39, 0.29) is 24.4 Å². The molecule has 0 radical (unpaired) electrons. The smallest absolute Gasteiger partial charge is 0.241 e. The number of nitrogens with two attached hydrogens (primary N) is 1. The number of halogens is 1. The van der Waals surface area contributed by atoms with Gasteiger partial charge in [0, 0.05) is 13.2 Å². The fourth-order valence-corrected chi connectivity index (χ4v) is 2.40. The predicted molar refractivity (Wildman–Crippen MR) is 104 cm³/mol. The summed E-state index contributed by atoms with van der Waals surface area (Å²) in [5.41, 5.74) is 9.11. The van der Waals surface area contributed by atoms with E-state index in [9.17, 15) is 4.79 Å². The highest BCUT2D eigenvalue weighted by Crippen LogP contribution is 2.16. The third kappa shape index (κ3) is 6.86. The molecule has 0 spiro atoms.